The van der Waals surface area contributed by atoms with Gasteiger partial charge in [0.05, 0.1) is 20.8 Å². The molecule has 0 aliphatic carbocycles. The number of likely N-dealkylation sites (N-methyl/N-ethyl adjacent to an activating group) is 1. The zero-order valence-corrected chi connectivity index (χ0v) is 17.5. The summed E-state index contributed by atoms with van der Waals surface area (Å²) in [7, 11) is 5.31. The summed E-state index contributed by atoms with van der Waals surface area (Å²) in [4.78, 5) is 17.0. The molecule has 0 atom stereocenters. The molecule has 0 unspecified atom stereocenters. The van der Waals surface area contributed by atoms with Crippen molar-refractivity contribution in [2.45, 2.75) is 45.2 Å². The Bertz CT molecular complexity index is 598. The van der Waals surface area contributed by atoms with E-state index in [4.69, 9.17) is 9.47 Å². The summed E-state index contributed by atoms with van der Waals surface area (Å²) in [6.07, 6.45) is 3.03. The number of nitrogens with zero attached hydrogens (tertiary/aromatic N) is 2. The molecule has 0 bridgehead atoms. The lowest BCUT2D eigenvalue weighted by molar-refractivity contribution is -0.122. The first-order valence-corrected chi connectivity index (χ1v) is 9.86. The van der Waals surface area contributed by atoms with Crippen LogP contribution in [0.25, 0.3) is 0 Å². The third kappa shape index (κ3) is 6.40. The van der Waals surface area contributed by atoms with Gasteiger partial charge in [0, 0.05) is 18.6 Å². The Kier molecular flexibility index (Phi) is 8.38. The van der Waals surface area contributed by atoms with E-state index in [0.717, 1.165) is 43.7 Å². The van der Waals surface area contributed by atoms with Gasteiger partial charge in [0.15, 0.2) is 11.5 Å². The number of hydrogen-bond donors (Lipinski definition) is 1. The van der Waals surface area contributed by atoms with Crippen molar-refractivity contribution in [3.8, 4) is 11.5 Å². The van der Waals surface area contributed by atoms with Crippen molar-refractivity contribution in [3.05, 3.63) is 23.8 Å². The Morgan fingerprint density at radius 2 is 1.89 bits per heavy atom. The van der Waals surface area contributed by atoms with E-state index in [1.165, 1.54) is 0 Å². The van der Waals surface area contributed by atoms with E-state index >= 15 is 0 Å². The van der Waals surface area contributed by atoms with E-state index in [1.54, 1.807) is 14.2 Å². The normalized spacial score (nSPS) is 16.0. The van der Waals surface area contributed by atoms with Crippen LogP contribution in [0.15, 0.2) is 18.2 Å². The second kappa shape index (κ2) is 10.5. The fourth-order valence-electron chi connectivity index (χ4n) is 3.64. The maximum absolute atomic E-state index is 12.3. The third-order valence-electron chi connectivity index (χ3n) is 5.43. The first-order valence-electron chi connectivity index (χ1n) is 9.86. The van der Waals surface area contributed by atoms with Gasteiger partial charge in [-0.3, -0.25) is 9.69 Å². The van der Waals surface area contributed by atoms with Crippen LogP contribution in [0.3, 0.4) is 0 Å². The molecule has 0 spiro atoms. The van der Waals surface area contributed by atoms with E-state index < -0.39 is 0 Å². The molecule has 1 N–H and O–H groups in total. The second-order valence-electron chi connectivity index (χ2n) is 7.57. The summed E-state index contributed by atoms with van der Waals surface area (Å²) >= 11 is 0. The van der Waals surface area contributed by atoms with Crippen LogP contribution in [-0.4, -0.2) is 75.2 Å². The number of likely N-dealkylation sites (tertiary alicyclic amines) is 1. The molecule has 1 aliphatic heterocycles. The van der Waals surface area contributed by atoms with Gasteiger partial charge in [0.2, 0.25) is 5.91 Å². The Balaban J connectivity index is 1.72. The van der Waals surface area contributed by atoms with Crippen molar-refractivity contribution in [2.24, 2.45) is 0 Å². The number of piperidine rings is 1. The summed E-state index contributed by atoms with van der Waals surface area (Å²) in [5, 5.41) is 3.03. The number of rotatable bonds is 9. The van der Waals surface area contributed by atoms with Gasteiger partial charge in [-0.05, 0) is 70.9 Å². The van der Waals surface area contributed by atoms with E-state index in [1.807, 2.05) is 18.2 Å². The van der Waals surface area contributed by atoms with Crippen LogP contribution in [-0.2, 0) is 11.2 Å². The van der Waals surface area contributed by atoms with Gasteiger partial charge in [0.25, 0.3) is 0 Å². The molecule has 1 heterocycles. The van der Waals surface area contributed by atoms with E-state index in [2.05, 4.69) is 36.0 Å². The van der Waals surface area contributed by atoms with Gasteiger partial charge in [0.1, 0.15) is 0 Å². The smallest absolute Gasteiger partial charge is 0.234 e. The number of ether oxygens (including phenoxy) is 2. The molecular weight excluding hydrogens is 342 g/mol. The maximum Gasteiger partial charge on any atom is 0.234 e. The molecule has 1 aliphatic rings. The van der Waals surface area contributed by atoms with Gasteiger partial charge in [-0.2, -0.15) is 0 Å². The van der Waals surface area contributed by atoms with Crippen LogP contribution in [0.5, 0.6) is 11.5 Å². The molecule has 27 heavy (non-hydrogen) atoms. The van der Waals surface area contributed by atoms with Crippen LogP contribution in [0, 0.1) is 0 Å². The topological polar surface area (TPSA) is 54.0 Å². The fourth-order valence-corrected chi connectivity index (χ4v) is 3.64. The quantitative estimate of drug-likeness (QED) is 0.715. The van der Waals surface area contributed by atoms with Crippen LogP contribution < -0.4 is 14.8 Å². The van der Waals surface area contributed by atoms with E-state index in [-0.39, 0.29) is 5.91 Å². The summed E-state index contributed by atoms with van der Waals surface area (Å²) in [5.41, 5.74) is 1.11. The molecule has 0 aromatic heterocycles. The zero-order valence-electron chi connectivity index (χ0n) is 17.5. The van der Waals surface area contributed by atoms with Crippen molar-refractivity contribution in [3.63, 3.8) is 0 Å². The summed E-state index contributed by atoms with van der Waals surface area (Å²) in [5.74, 6) is 1.52. The number of methoxy groups -OCH3 is 2. The van der Waals surface area contributed by atoms with Crippen molar-refractivity contribution in [1.82, 2.24) is 15.1 Å². The third-order valence-corrected chi connectivity index (χ3v) is 5.43. The molecule has 6 heteroatoms. The van der Waals surface area contributed by atoms with Crippen molar-refractivity contribution in [1.29, 1.82) is 0 Å². The summed E-state index contributed by atoms with van der Waals surface area (Å²) < 4.78 is 10.6. The Hall–Kier alpha value is -1.79. The Morgan fingerprint density at radius 3 is 2.48 bits per heavy atom. The molecule has 6 nitrogen and oxygen atoms in total. The largest absolute Gasteiger partial charge is 0.493 e. The van der Waals surface area contributed by atoms with Crippen molar-refractivity contribution >= 4 is 5.91 Å². The SMILES string of the molecule is COc1ccc(CCNC(=O)CN(C)C2CCN(C(C)C)CC2)cc1OC. The molecule has 0 saturated carbocycles. The fraction of sp³-hybridized carbons (Fsp3) is 0.667. The zero-order chi connectivity index (χ0) is 19.8. The summed E-state index contributed by atoms with van der Waals surface area (Å²) in [6.45, 7) is 7.80. The van der Waals surface area contributed by atoms with Crippen molar-refractivity contribution in [2.75, 3.05) is 47.4 Å². The number of carbonyl (C=O) groups excluding carboxylic acids is 1. The molecule has 0 radical (unpaired) electrons. The highest BCUT2D eigenvalue weighted by Gasteiger charge is 2.24. The first kappa shape index (κ1) is 21.5. The van der Waals surface area contributed by atoms with Crippen LogP contribution in [0.2, 0.25) is 0 Å². The van der Waals surface area contributed by atoms with Crippen LogP contribution >= 0.6 is 0 Å². The molecular formula is C21H35N3O3. The highest BCUT2D eigenvalue weighted by atomic mass is 16.5. The van der Waals surface area contributed by atoms with Gasteiger partial charge in [-0.15, -0.1) is 0 Å². The minimum absolute atomic E-state index is 0.0873. The van der Waals surface area contributed by atoms with E-state index in [0.29, 0.717) is 30.9 Å². The molecule has 1 aromatic rings. The second-order valence-corrected chi connectivity index (χ2v) is 7.57. The van der Waals surface area contributed by atoms with Gasteiger partial charge in [-0.25, -0.2) is 0 Å². The number of benzene rings is 1. The minimum Gasteiger partial charge on any atom is -0.493 e. The highest BCUT2D eigenvalue weighted by Crippen LogP contribution is 2.27. The first-order chi connectivity index (χ1) is 12.9. The van der Waals surface area contributed by atoms with Gasteiger partial charge >= 0.3 is 0 Å². The predicted molar refractivity (Wildman–Crippen MR) is 109 cm³/mol. The lowest BCUT2D eigenvalue weighted by atomic mass is 10.0. The molecule has 2 rings (SSSR count). The molecule has 152 valence electrons. The number of carbonyl (C=O) groups is 1. The average molecular weight is 378 g/mol. The summed E-state index contributed by atoms with van der Waals surface area (Å²) in [6, 6.07) is 6.96. The van der Waals surface area contributed by atoms with Crippen LogP contribution in [0.1, 0.15) is 32.3 Å². The Morgan fingerprint density at radius 1 is 1.22 bits per heavy atom. The number of nitrogens with one attached hydrogen (secondary N) is 1. The lowest BCUT2D eigenvalue weighted by Gasteiger charge is -2.38. The van der Waals surface area contributed by atoms with E-state index in [9.17, 15) is 4.79 Å². The molecule has 1 aromatic carbocycles. The highest BCUT2D eigenvalue weighted by molar-refractivity contribution is 5.78. The molecule has 1 amide bonds. The lowest BCUT2D eigenvalue weighted by Crippen LogP contribution is -2.48. The Labute approximate surface area is 163 Å². The minimum atomic E-state index is 0.0873. The predicted octanol–water partition coefficient (Wildman–Crippen LogP) is 2.17. The average Bonchev–Trinajstić information content (AvgIpc) is 2.67. The monoisotopic (exact) mass is 377 g/mol. The maximum atomic E-state index is 12.3. The van der Waals surface area contributed by atoms with Crippen molar-refractivity contribution < 1.29 is 14.3 Å². The standard InChI is InChI=1S/C21H35N3O3/c1-16(2)24-12-9-18(10-13-24)23(3)15-21(25)22-11-8-17-6-7-19(26-4)20(14-17)27-5/h6-7,14,16,18H,8-13,15H2,1-5H3,(H,22,25). The van der Waals surface area contributed by atoms with Gasteiger partial charge in [-0.1, -0.05) is 6.07 Å². The number of amides is 1. The molecule has 1 fully saturated rings. The molecule has 1 saturated heterocycles. The number of hydrogen-bond acceptors (Lipinski definition) is 5. The van der Waals surface area contributed by atoms with Gasteiger partial charge < -0.3 is 19.7 Å². The van der Waals surface area contributed by atoms with Crippen LogP contribution in [0.4, 0.5) is 0 Å².